The summed E-state index contributed by atoms with van der Waals surface area (Å²) >= 11 is 0. The largest absolute Gasteiger partial charge is 0.355 e. The predicted molar refractivity (Wildman–Crippen MR) is 41.4 cm³/mol. The van der Waals surface area contributed by atoms with E-state index in [4.69, 9.17) is 10.7 Å². The molecule has 0 aromatic rings. The van der Waals surface area contributed by atoms with Crippen molar-refractivity contribution >= 4 is 49.6 Å². The van der Waals surface area contributed by atoms with Crippen molar-refractivity contribution in [1.82, 2.24) is 0 Å². The van der Waals surface area contributed by atoms with E-state index in [-0.39, 0.29) is 36.2 Å². The average molecular weight is 196 g/mol. The summed E-state index contributed by atoms with van der Waals surface area (Å²) in [6.07, 6.45) is 1.61. The van der Waals surface area contributed by atoms with E-state index in [0.717, 1.165) is 6.42 Å². The van der Waals surface area contributed by atoms with Crippen molar-refractivity contribution in [3.63, 3.8) is 0 Å². The number of unbranched alkanes of at least 4 members (excludes halogenated alkanes) is 1. The van der Waals surface area contributed by atoms with Crippen LogP contribution in [0.15, 0.2) is 0 Å². The van der Waals surface area contributed by atoms with E-state index in [1.54, 1.807) is 0 Å². The number of hydrogen-bond acceptors (Lipinski definition) is 3. The Morgan fingerprint density at radius 3 is 2.30 bits per heavy atom. The van der Waals surface area contributed by atoms with Crippen LogP contribution < -0.4 is 0 Å². The van der Waals surface area contributed by atoms with E-state index in [9.17, 15) is 8.42 Å². The number of rotatable bonds is 4. The first-order valence-corrected chi connectivity index (χ1v) is 4.88. The molecule has 10 heavy (non-hydrogen) atoms. The zero-order valence-electron chi connectivity index (χ0n) is 6.13. The maximum atomic E-state index is 10.0. The molecule has 0 aliphatic carbocycles. The van der Waals surface area contributed by atoms with Gasteiger partial charge >= 0.3 is 9.33 Å². The minimum Gasteiger partial charge on any atom is -0.258 e. The molecule has 0 unspecified atom stereocenters. The van der Waals surface area contributed by atoms with Gasteiger partial charge < -0.3 is 0 Å². The second-order valence-electron chi connectivity index (χ2n) is 1.57. The van der Waals surface area contributed by atoms with E-state index < -0.39 is 9.33 Å². The zero-order valence-corrected chi connectivity index (χ0v) is 9.70. The van der Waals surface area contributed by atoms with E-state index in [2.05, 4.69) is 4.18 Å². The van der Waals surface area contributed by atoms with Crippen molar-refractivity contribution in [3.05, 3.63) is 0 Å². The van der Waals surface area contributed by atoms with E-state index >= 15 is 0 Å². The Kier molecular flexibility index (Phi) is 9.48. The predicted octanol–water partition coefficient (Wildman–Crippen LogP) is 0.906. The fourth-order valence-corrected chi connectivity index (χ4v) is 0.809. The molecule has 0 heterocycles. The minimum atomic E-state index is -3.72. The van der Waals surface area contributed by atoms with Gasteiger partial charge in [0.2, 0.25) is 0 Å². The van der Waals surface area contributed by atoms with Gasteiger partial charge in [0.15, 0.2) is 0 Å². The average Bonchev–Trinajstić information content (AvgIpc) is 1.63. The molecule has 0 aromatic heterocycles. The Labute approximate surface area is 88.0 Å². The van der Waals surface area contributed by atoms with Gasteiger partial charge in [-0.25, -0.2) is 0 Å². The molecule has 3 nitrogen and oxygen atoms in total. The first-order valence-electron chi connectivity index (χ1n) is 2.65. The van der Waals surface area contributed by atoms with Crippen LogP contribution in [0.2, 0.25) is 0 Å². The molecule has 0 aliphatic rings. The van der Waals surface area contributed by atoms with Gasteiger partial charge in [0, 0.05) is 40.2 Å². The SMILES string of the molecule is CCCCOS(=O)(=O)Cl.[Na]. The molecule has 0 bridgehead atoms. The number of hydrogen-bond donors (Lipinski definition) is 0. The Hall–Kier alpha value is 1.20. The van der Waals surface area contributed by atoms with Crippen LogP contribution in [0, 0.1) is 0 Å². The second kappa shape index (κ2) is 6.88. The third kappa shape index (κ3) is 11.9. The third-order valence-electron chi connectivity index (χ3n) is 0.722. The van der Waals surface area contributed by atoms with Crippen LogP contribution in [0.25, 0.3) is 0 Å². The molecule has 0 atom stereocenters. The van der Waals surface area contributed by atoms with Gasteiger partial charge in [-0.3, -0.25) is 4.18 Å². The monoisotopic (exact) mass is 195 g/mol. The van der Waals surface area contributed by atoms with Crippen LogP contribution in [0.5, 0.6) is 0 Å². The van der Waals surface area contributed by atoms with Gasteiger partial charge in [-0.05, 0) is 6.42 Å². The smallest absolute Gasteiger partial charge is 0.258 e. The van der Waals surface area contributed by atoms with E-state index in [1.165, 1.54) is 0 Å². The van der Waals surface area contributed by atoms with Crippen LogP contribution >= 0.6 is 10.7 Å². The van der Waals surface area contributed by atoms with Crippen molar-refractivity contribution in [2.24, 2.45) is 0 Å². The van der Waals surface area contributed by atoms with Crippen molar-refractivity contribution in [3.8, 4) is 0 Å². The molecule has 0 saturated carbocycles. The minimum absolute atomic E-state index is 0. The van der Waals surface area contributed by atoms with E-state index in [0.29, 0.717) is 6.42 Å². The number of halogens is 1. The summed E-state index contributed by atoms with van der Waals surface area (Å²) in [4.78, 5) is 0. The molecule has 0 rings (SSSR count). The fraction of sp³-hybridized carbons (Fsp3) is 1.00. The van der Waals surface area contributed by atoms with Gasteiger partial charge in [0.25, 0.3) is 0 Å². The van der Waals surface area contributed by atoms with Gasteiger partial charge in [0.1, 0.15) is 0 Å². The molecule has 0 saturated heterocycles. The molecule has 0 N–H and O–H groups in total. The summed E-state index contributed by atoms with van der Waals surface area (Å²) in [5, 5.41) is 0. The molecule has 57 valence electrons. The van der Waals surface area contributed by atoms with Gasteiger partial charge in [-0.1, -0.05) is 13.3 Å². The summed E-state index contributed by atoms with van der Waals surface area (Å²) < 4.78 is 24.3. The quantitative estimate of drug-likeness (QED) is 0.381. The molecule has 0 amide bonds. The van der Waals surface area contributed by atoms with Crippen molar-refractivity contribution in [2.45, 2.75) is 19.8 Å². The topological polar surface area (TPSA) is 43.4 Å². The molecular formula is C4H9ClNaO3S. The van der Waals surface area contributed by atoms with E-state index in [1.807, 2.05) is 6.92 Å². The normalized spacial score (nSPS) is 10.6. The summed E-state index contributed by atoms with van der Waals surface area (Å²) in [7, 11) is 0.995. The zero-order chi connectivity index (χ0) is 7.33. The molecular weight excluding hydrogens is 187 g/mol. The molecule has 6 heteroatoms. The van der Waals surface area contributed by atoms with Crippen LogP contribution in [-0.2, 0) is 13.5 Å². The Bertz CT molecular complexity index is 156. The van der Waals surface area contributed by atoms with Gasteiger partial charge in [0.05, 0.1) is 6.61 Å². The Balaban J connectivity index is 0. The van der Waals surface area contributed by atoms with Crippen molar-refractivity contribution in [2.75, 3.05) is 6.61 Å². The summed E-state index contributed by atoms with van der Waals surface area (Å²) in [6, 6.07) is 0. The molecule has 0 aliphatic heterocycles. The summed E-state index contributed by atoms with van der Waals surface area (Å²) in [5.74, 6) is 0. The summed E-state index contributed by atoms with van der Waals surface area (Å²) in [5.41, 5.74) is 0. The Morgan fingerprint density at radius 2 is 2.00 bits per heavy atom. The fourth-order valence-electron chi connectivity index (χ4n) is 0.303. The van der Waals surface area contributed by atoms with Crippen LogP contribution in [-0.4, -0.2) is 44.6 Å². The molecule has 0 fully saturated rings. The molecule has 1 radical (unpaired) electrons. The first kappa shape index (κ1) is 13.8. The maximum absolute atomic E-state index is 10.0. The van der Waals surface area contributed by atoms with Crippen molar-refractivity contribution < 1.29 is 12.6 Å². The summed E-state index contributed by atoms with van der Waals surface area (Å²) in [6.45, 7) is 2.12. The van der Waals surface area contributed by atoms with Crippen LogP contribution in [0.1, 0.15) is 19.8 Å². The van der Waals surface area contributed by atoms with Crippen LogP contribution in [0.3, 0.4) is 0 Å². The van der Waals surface area contributed by atoms with Gasteiger partial charge in [-0.15, -0.1) is 0 Å². The maximum Gasteiger partial charge on any atom is 0.355 e. The van der Waals surface area contributed by atoms with Crippen molar-refractivity contribution in [1.29, 1.82) is 0 Å². The standard InChI is InChI=1S/C4H9ClO3S.Na/c1-2-3-4-8-9(5,6)7;/h2-4H2,1H3;. The van der Waals surface area contributed by atoms with Gasteiger partial charge in [-0.2, -0.15) is 8.42 Å². The molecule has 0 aromatic carbocycles. The third-order valence-corrected chi connectivity index (χ3v) is 1.44. The molecule has 0 spiro atoms. The first-order chi connectivity index (χ1) is 4.06. The van der Waals surface area contributed by atoms with Crippen LogP contribution in [0.4, 0.5) is 0 Å². The Morgan fingerprint density at radius 1 is 1.50 bits per heavy atom. The second-order valence-corrected chi connectivity index (χ2v) is 3.72.